The number of hydrogen-bond donors (Lipinski definition) is 2. The smallest absolute Gasteiger partial charge is 0.502 e. The average Bonchev–Trinajstić information content (AvgIpc) is 2.18. The zero-order valence-corrected chi connectivity index (χ0v) is 7.93. The Morgan fingerprint density at radius 1 is 1.53 bits per heavy atom. The number of halogens is 3. The predicted molar refractivity (Wildman–Crippen MR) is 45.2 cm³/mol. The number of aromatic hydroxyl groups is 1. The van der Waals surface area contributed by atoms with E-state index in [1.807, 2.05) is 0 Å². The van der Waals surface area contributed by atoms with Crippen LogP contribution in [-0.2, 0) is 6.61 Å². The molecule has 10 heteroatoms. The van der Waals surface area contributed by atoms with Gasteiger partial charge in [-0.3, -0.25) is 0 Å². The third-order valence-electron chi connectivity index (χ3n) is 1.63. The van der Waals surface area contributed by atoms with Gasteiger partial charge >= 0.3 is 12.2 Å². The first-order valence-corrected chi connectivity index (χ1v) is 3.98. The maximum atomic E-state index is 12.0. The van der Waals surface area contributed by atoms with E-state index >= 15 is 0 Å². The highest BCUT2D eigenvalue weighted by Crippen LogP contribution is 2.37. The van der Waals surface area contributed by atoms with Crippen LogP contribution in [0, 0.1) is 10.1 Å². The molecule has 7 nitrogen and oxygen atoms in total. The average molecular weight is 254 g/mol. The van der Waals surface area contributed by atoms with Gasteiger partial charge in [-0.1, -0.05) is 0 Å². The fraction of sp³-hybridized carbons (Fsp3) is 0.286. The first kappa shape index (κ1) is 13.0. The van der Waals surface area contributed by atoms with Crippen molar-refractivity contribution < 1.29 is 33.0 Å². The summed E-state index contributed by atoms with van der Waals surface area (Å²) < 4.78 is 39.3. The molecule has 0 spiro atoms. The number of pyridine rings is 1. The minimum atomic E-state index is -5.16. The fourth-order valence-corrected chi connectivity index (χ4v) is 1.04. The van der Waals surface area contributed by atoms with Gasteiger partial charge < -0.3 is 25.1 Å². The summed E-state index contributed by atoms with van der Waals surface area (Å²) in [4.78, 5) is 12.4. The first-order valence-electron chi connectivity index (χ1n) is 3.98. The lowest BCUT2D eigenvalue weighted by Crippen LogP contribution is -2.19. The lowest BCUT2D eigenvalue weighted by Gasteiger charge is -2.12. The minimum Gasteiger partial charge on any atom is -0.502 e. The monoisotopic (exact) mass is 254 g/mol. The molecule has 0 saturated heterocycles. The third-order valence-corrected chi connectivity index (χ3v) is 1.63. The van der Waals surface area contributed by atoms with Crippen LogP contribution in [0.1, 0.15) is 5.56 Å². The molecule has 0 amide bonds. The Morgan fingerprint density at radius 2 is 2.12 bits per heavy atom. The predicted octanol–water partition coefficient (Wildman–Crippen LogP) is 1.09. The summed E-state index contributed by atoms with van der Waals surface area (Å²) in [6.07, 6.45) is -4.73. The molecule has 0 fully saturated rings. The molecule has 17 heavy (non-hydrogen) atoms. The van der Waals surface area contributed by atoms with E-state index in [-0.39, 0.29) is 0 Å². The molecule has 94 valence electrons. The van der Waals surface area contributed by atoms with Gasteiger partial charge in [0.25, 0.3) is 0 Å². The number of aliphatic hydroxyl groups excluding tert-OH is 1. The van der Waals surface area contributed by atoms with Gasteiger partial charge in [0.15, 0.2) is 11.9 Å². The Hall–Kier alpha value is -2.10. The van der Waals surface area contributed by atoms with Gasteiger partial charge in [-0.15, -0.1) is 13.2 Å². The van der Waals surface area contributed by atoms with Crippen molar-refractivity contribution in [2.24, 2.45) is 0 Å². The summed E-state index contributed by atoms with van der Waals surface area (Å²) in [5.41, 5.74) is -0.854. The number of alkyl halides is 3. The molecule has 0 atom stereocenters. The molecule has 2 N–H and O–H groups in total. The number of rotatable bonds is 3. The van der Waals surface area contributed by atoms with Crippen LogP contribution in [-0.4, -0.2) is 26.5 Å². The van der Waals surface area contributed by atoms with Crippen molar-refractivity contribution in [3.8, 4) is 11.5 Å². The van der Waals surface area contributed by atoms with Crippen molar-refractivity contribution in [3.63, 3.8) is 0 Å². The van der Waals surface area contributed by atoms with E-state index < -0.39 is 40.8 Å². The van der Waals surface area contributed by atoms with Crippen LogP contribution < -0.4 is 4.74 Å². The van der Waals surface area contributed by atoms with Gasteiger partial charge in [0.1, 0.15) is 5.56 Å². The van der Waals surface area contributed by atoms with Gasteiger partial charge in [-0.2, -0.15) is 0 Å². The highest BCUT2D eigenvalue weighted by atomic mass is 19.4. The fourth-order valence-electron chi connectivity index (χ4n) is 1.04. The number of hydrogen-bond acceptors (Lipinski definition) is 6. The summed E-state index contributed by atoms with van der Waals surface area (Å²) in [5, 5.41) is 28.3. The van der Waals surface area contributed by atoms with E-state index in [1.54, 1.807) is 0 Å². The number of aromatic nitrogens is 1. The normalized spacial score (nSPS) is 11.3. The molecule has 0 saturated carbocycles. The van der Waals surface area contributed by atoms with E-state index in [2.05, 4.69) is 9.72 Å². The zero-order chi connectivity index (χ0) is 13.2. The van der Waals surface area contributed by atoms with E-state index in [4.69, 9.17) is 10.2 Å². The van der Waals surface area contributed by atoms with Crippen molar-refractivity contribution in [1.82, 2.24) is 4.98 Å². The van der Waals surface area contributed by atoms with Crippen molar-refractivity contribution in [2.75, 3.05) is 0 Å². The molecule has 0 aromatic carbocycles. The second-order valence-electron chi connectivity index (χ2n) is 2.74. The van der Waals surface area contributed by atoms with E-state index in [0.29, 0.717) is 6.20 Å². The summed E-state index contributed by atoms with van der Waals surface area (Å²) in [6.45, 7) is -1.14. The maximum absolute atomic E-state index is 12.0. The SMILES string of the molecule is O=[N+]([O-])c1ncc(O)c(OC(F)(F)F)c1CO. The summed E-state index contributed by atoms with van der Waals surface area (Å²) in [6, 6.07) is 0. The summed E-state index contributed by atoms with van der Waals surface area (Å²) in [7, 11) is 0. The number of nitrogens with zero attached hydrogens (tertiary/aromatic N) is 2. The third kappa shape index (κ3) is 2.93. The number of aliphatic hydroxyl groups is 1. The zero-order valence-electron chi connectivity index (χ0n) is 7.93. The standard InChI is InChI=1S/C7H5F3N2O5/c8-7(9,10)17-5-3(2-13)6(12(15)16)11-1-4(5)14/h1,13-14H,2H2. The number of nitro groups is 1. The van der Waals surface area contributed by atoms with Gasteiger partial charge in [0.05, 0.1) is 6.61 Å². The molecule has 0 aliphatic carbocycles. The van der Waals surface area contributed by atoms with Crippen LogP contribution in [0.3, 0.4) is 0 Å². The van der Waals surface area contributed by atoms with Gasteiger partial charge in [-0.05, 0) is 9.91 Å². The molecule has 1 aromatic heterocycles. The molecule has 0 aliphatic rings. The Bertz CT molecular complexity index is 448. The van der Waals surface area contributed by atoms with Crippen LogP contribution >= 0.6 is 0 Å². The molecule has 0 unspecified atom stereocenters. The molecule has 1 rings (SSSR count). The van der Waals surface area contributed by atoms with E-state index in [1.165, 1.54) is 0 Å². The van der Waals surface area contributed by atoms with Crippen LogP contribution in [0.5, 0.6) is 11.5 Å². The lowest BCUT2D eigenvalue weighted by atomic mass is 10.2. The molecule has 1 aromatic rings. The minimum absolute atomic E-state index is 0.429. The molecular formula is C7H5F3N2O5. The van der Waals surface area contributed by atoms with E-state index in [0.717, 1.165) is 0 Å². The van der Waals surface area contributed by atoms with Gasteiger partial charge in [0.2, 0.25) is 5.75 Å². The van der Waals surface area contributed by atoms with Crippen molar-refractivity contribution in [1.29, 1.82) is 0 Å². The van der Waals surface area contributed by atoms with Crippen LogP contribution in [0.2, 0.25) is 0 Å². The Labute approximate surface area is 91.2 Å². The molecule has 0 radical (unpaired) electrons. The molecule has 0 aliphatic heterocycles. The maximum Gasteiger partial charge on any atom is 0.573 e. The molecular weight excluding hydrogens is 249 g/mol. The Kier molecular flexibility index (Phi) is 3.36. The van der Waals surface area contributed by atoms with Crippen LogP contribution in [0.15, 0.2) is 6.20 Å². The van der Waals surface area contributed by atoms with Crippen molar-refractivity contribution in [2.45, 2.75) is 13.0 Å². The highest BCUT2D eigenvalue weighted by Gasteiger charge is 2.36. The van der Waals surface area contributed by atoms with E-state index in [9.17, 15) is 23.3 Å². The topological polar surface area (TPSA) is 106 Å². The second kappa shape index (κ2) is 4.41. The highest BCUT2D eigenvalue weighted by molar-refractivity contribution is 5.51. The van der Waals surface area contributed by atoms with Crippen LogP contribution in [0.4, 0.5) is 19.0 Å². The quantitative estimate of drug-likeness (QED) is 0.617. The number of ether oxygens (including phenoxy) is 1. The van der Waals surface area contributed by atoms with Crippen molar-refractivity contribution in [3.05, 3.63) is 21.9 Å². The first-order chi connectivity index (χ1) is 7.76. The Morgan fingerprint density at radius 3 is 2.53 bits per heavy atom. The summed E-state index contributed by atoms with van der Waals surface area (Å²) in [5.74, 6) is -3.32. The van der Waals surface area contributed by atoms with Crippen LogP contribution in [0.25, 0.3) is 0 Å². The lowest BCUT2D eigenvalue weighted by molar-refractivity contribution is -0.390. The molecule has 1 heterocycles. The van der Waals surface area contributed by atoms with Gasteiger partial charge in [-0.25, -0.2) is 0 Å². The van der Waals surface area contributed by atoms with Gasteiger partial charge in [0, 0.05) is 0 Å². The second-order valence-corrected chi connectivity index (χ2v) is 2.74. The van der Waals surface area contributed by atoms with Crippen molar-refractivity contribution >= 4 is 5.82 Å². The Balaban J connectivity index is 3.35. The summed E-state index contributed by atoms with van der Waals surface area (Å²) >= 11 is 0. The molecule has 0 bridgehead atoms. The largest absolute Gasteiger partial charge is 0.573 e.